The summed E-state index contributed by atoms with van der Waals surface area (Å²) in [6, 6.07) is 8.95. The Balaban J connectivity index is 1.57. The van der Waals surface area contributed by atoms with E-state index in [1.165, 1.54) is 24.3 Å². The molecule has 9 heteroatoms. The monoisotopic (exact) mass is 366 g/mol. The van der Waals surface area contributed by atoms with Gasteiger partial charge in [0.05, 0.1) is 12.1 Å². The summed E-state index contributed by atoms with van der Waals surface area (Å²) in [5, 5.41) is 15.0. The minimum Gasteiger partial charge on any atom is -0.345 e. The molecule has 3 heterocycles. The molecule has 1 aromatic carbocycles. The van der Waals surface area contributed by atoms with Gasteiger partial charge in [0.15, 0.2) is 17.3 Å². The second kappa shape index (κ2) is 6.94. The average Bonchev–Trinajstić information content (AvgIpc) is 3.33. The third-order valence-corrected chi connectivity index (χ3v) is 4.03. The molecule has 0 unspecified atom stereocenters. The van der Waals surface area contributed by atoms with Crippen molar-refractivity contribution in [1.82, 2.24) is 30.1 Å². The first kappa shape index (κ1) is 16.8. The number of pyridine rings is 1. The van der Waals surface area contributed by atoms with E-state index in [-0.39, 0.29) is 12.5 Å². The van der Waals surface area contributed by atoms with Crippen molar-refractivity contribution in [2.45, 2.75) is 19.9 Å². The number of aromatic nitrogens is 5. The minimum atomic E-state index is -0.394. The predicted octanol–water partition coefficient (Wildman–Crippen LogP) is 2.41. The van der Waals surface area contributed by atoms with Gasteiger partial charge in [-0.2, -0.15) is 4.98 Å². The van der Waals surface area contributed by atoms with E-state index in [0.717, 1.165) is 0 Å². The van der Waals surface area contributed by atoms with Crippen molar-refractivity contribution in [3.8, 4) is 11.5 Å². The van der Waals surface area contributed by atoms with E-state index in [4.69, 9.17) is 4.52 Å². The van der Waals surface area contributed by atoms with Gasteiger partial charge < -0.3 is 9.84 Å². The van der Waals surface area contributed by atoms with Crippen LogP contribution >= 0.6 is 0 Å². The van der Waals surface area contributed by atoms with Crippen molar-refractivity contribution in [2.24, 2.45) is 0 Å². The quantitative estimate of drug-likeness (QED) is 0.582. The van der Waals surface area contributed by atoms with Gasteiger partial charge in [-0.3, -0.25) is 9.20 Å². The standard InChI is InChI=1S/C18H15FN6O2/c1-2-14-21-18(27-24-14)13-4-3-9-25-15(22-23-16(13)25)10-20-17(26)11-5-7-12(19)8-6-11/h3-9H,2,10H2,1H3,(H,20,26). The molecule has 1 amide bonds. The number of fused-ring (bicyclic) bond motifs is 1. The molecule has 27 heavy (non-hydrogen) atoms. The molecule has 3 aromatic heterocycles. The van der Waals surface area contributed by atoms with E-state index in [1.807, 2.05) is 19.1 Å². The van der Waals surface area contributed by atoms with E-state index in [2.05, 4.69) is 25.7 Å². The Morgan fingerprint density at radius 1 is 1.22 bits per heavy atom. The Bertz CT molecular complexity index is 1100. The van der Waals surface area contributed by atoms with Gasteiger partial charge in [0.25, 0.3) is 11.8 Å². The largest absolute Gasteiger partial charge is 0.345 e. The van der Waals surface area contributed by atoms with E-state index in [1.54, 1.807) is 10.6 Å². The lowest BCUT2D eigenvalue weighted by molar-refractivity contribution is 0.0949. The van der Waals surface area contributed by atoms with Gasteiger partial charge in [0.1, 0.15) is 5.82 Å². The van der Waals surface area contributed by atoms with E-state index in [0.29, 0.717) is 40.7 Å². The van der Waals surface area contributed by atoms with Crippen LogP contribution < -0.4 is 5.32 Å². The van der Waals surface area contributed by atoms with Crippen LogP contribution in [0.15, 0.2) is 47.1 Å². The number of aryl methyl sites for hydroxylation is 1. The Hall–Kier alpha value is -3.62. The summed E-state index contributed by atoms with van der Waals surface area (Å²) in [5.41, 5.74) is 1.58. The maximum absolute atomic E-state index is 13.0. The lowest BCUT2D eigenvalue weighted by Gasteiger charge is -2.05. The molecular weight excluding hydrogens is 351 g/mol. The highest BCUT2D eigenvalue weighted by Crippen LogP contribution is 2.22. The average molecular weight is 366 g/mol. The van der Waals surface area contributed by atoms with Gasteiger partial charge in [-0.15, -0.1) is 10.2 Å². The third kappa shape index (κ3) is 3.26. The second-order valence-corrected chi connectivity index (χ2v) is 5.79. The van der Waals surface area contributed by atoms with Crippen molar-refractivity contribution < 1.29 is 13.7 Å². The Morgan fingerprint density at radius 3 is 2.78 bits per heavy atom. The van der Waals surface area contributed by atoms with Crippen LogP contribution in [0.1, 0.15) is 28.9 Å². The van der Waals surface area contributed by atoms with Crippen LogP contribution in [0.25, 0.3) is 17.1 Å². The van der Waals surface area contributed by atoms with Crippen molar-refractivity contribution in [3.05, 3.63) is 65.6 Å². The van der Waals surface area contributed by atoms with Crippen LogP contribution in [-0.4, -0.2) is 30.6 Å². The zero-order chi connectivity index (χ0) is 18.8. The van der Waals surface area contributed by atoms with Crippen LogP contribution in [0.3, 0.4) is 0 Å². The van der Waals surface area contributed by atoms with Crippen molar-refractivity contribution in [3.63, 3.8) is 0 Å². The normalized spacial score (nSPS) is 11.0. The maximum atomic E-state index is 13.0. The first-order chi connectivity index (χ1) is 13.2. The number of nitrogens with zero attached hydrogens (tertiary/aromatic N) is 5. The highest BCUT2D eigenvalue weighted by Gasteiger charge is 2.16. The number of carbonyl (C=O) groups excluding carboxylic acids is 1. The summed E-state index contributed by atoms with van der Waals surface area (Å²) in [6.07, 6.45) is 2.45. The molecule has 0 bridgehead atoms. The van der Waals surface area contributed by atoms with Gasteiger partial charge in [-0.05, 0) is 36.4 Å². The van der Waals surface area contributed by atoms with Crippen molar-refractivity contribution >= 4 is 11.6 Å². The summed E-state index contributed by atoms with van der Waals surface area (Å²) >= 11 is 0. The van der Waals surface area contributed by atoms with Crippen LogP contribution in [0.4, 0.5) is 4.39 Å². The maximum Gasteiger partial charge on any atom is 0.261 e. The lowest BCUT2D eigenvalue weighted by atomic mass is 10.2. The number of carbonyl (C=O) groups is 1. The SMILES string of the molecule is CCc1noc(-c2cccn3c(CNC(=O)c4ccc(F)cc4)nnc23)n1. The zero-order valence-corrected chi connectivity index (χ0v) is 14.4. The number of halogens is 1. The van der Waals surface area contributed by atoms with Crippen LogP contribution in [0, 0.1) is 5.82 Å². The summed E-state index contributed by atoms with van der Waals surface area (Å²) in [6.45, 7) is 2.10. The van der Waals surface area contributed by atoms with Crippen LogP contribution in [-0.2, 0) is 13.0 Å². The fourth-order valence-electron chi connectivity index (χ4n) is 2.62. The number of hydrogen-bond donors (Lipinski definition) is 1. The molecule has 0 aliphatic rings. The summed E-state index contributed by atoms with van der Waals surface area (Å²) in [5.74, 6) is 0.796. The smallest absolute Gasteiger partial charge is 0.261 e. The number of amides is 1. The number of hydrogen-bond acceptors (Lipinski definition) is 6. The summed E-state index contributed by atoms with van der Waals surface area (Å²) in [7, 11) is 0. The summed E-state index contributed by atoms with van der Waals surface area (Å²) < 4.78 is 20.0. The second-order valence-electron chi connectivity index (χ2n) is 5.79. The van der Waals surface area contributed by atoms with Crippen molar-refractivity contribution in [2.75, 3.05) is 0 Å². The number of rotatable bonds is 5. The highest BCUT2D eigenvalue weighted by molar-refractivity contribution is 5.94. The topological polar surface area (TPSA) is 98.2 Å². The van der Waals surface area contributed by atoms with Gasteiger partial charge >= 0.3 is 0 Å². The van der Waals surface area contributed by atoms with Gasteiger partial charge in [0, 0.05) is 18.2 Å². The third-order valence-electron chi connectivity index (χ3n) is 4.03. The first-order valence-electron chi connectivity index (χ1n) is 8.35. The molecular formula is C18H15FN6O2. The fraction of sp³-hybridized carbons (Fsp3) is 0.167. The molecule has 136 valence electrons. The molecule has 0 atom stereocenters. The molecule has 0 spiro atoms. The molecule has 0 fully saturated rings. The molecule has 0 aliphatic carbocycles. The molecule has 8 nitrogen and oxygen atoms in total. The Labute approximate surface area is 153 Å². The number of nitrogens with one attached hydrogen (secondary N) is 1. The van der Waals surface area contributed by atoms with E-state index in [9.17, 15) is 9.18 Å². The minimum absolute atomic E-state index is 0.158. The van der Waals surface area contributed by atoms with E-state index >= 15 is 0 Å². The zero-order valence-electron chi connectivity index (χ0n) is 14.4. The Kier molecular flexibility index (Phi) is 4.33. The van der Waals surface area contributed by atoms with E-state index < -0.39 is 5.82 Å². The van der Waals surface area contributed by atoms with Gasteiger partial charge in [-0.25, -0.2) is 4.39 Å². The molecule has 0 radical (unpaired) electrons. The molecule has 1 N–H and O–H groups in total. The predicted molar refractivity (Wildman–Crippen MR) is 93.2 cm³/mol. The highest BCUT2D eigenvalue weighted by atomic mass is 19.1. The van der Waals surface area contributed by atoms with Crippen LogP contribution in [0.2, 0.25) is 0 Å². The van der Waals surface area contributed by atoms with Crippen LogP contribution in [0.5, 0.6) is 0 Å². The first-order valence-corrected chi connectivity index (χ1v) is 8.35. The molecule has 4 aromatic rings. The number of benzene rings is 1. The van der Waals surface area contributed by atoms with Gasteiger partial charge in [0.2, 0.25) is 0 Å². The molecule has 4 rings (SSSR count). The summed E-state index contributed by atoms with van der Waals surface area (Å²) in [4.78, 5) is 16.5. The van der Waals surface area contributed by atoms with Crippen molar-refractivity contribution in [1.29, 1.82) is 0 Å². The Morgan fingerprint density at radius 2 is 2.04 bits per heavy atom. The fourth-order valence-corrected chi connectivity index (χ4v) is 2.62. The van der Waals surface area contributed by atoms with Gasteiger partial charge in [-0.1, -0.05) is 12.1 Å². The lowest BCUT2D eigenvalue weighted by Crippen LogP contribution is -2.24. The molecule has 0 saturated carbocycles. The molecule has 0 saturated heterocycles. The molecule has 0 aliphatic heterocycles.